The SMILES string of the molecule is O=C(O)C1CC2CCCCC2N1Cc1cccc(OCC(F)(F)F)c1. The van der Waals surface area contributed by atoms with Crippen molar-refractivity contribution in [1.82, 2.24) is 4.90 Å². The van der Waals surface area contributed by atoms with E-state index >= 15 is 0 Å². The molecule has 1 aromatic carbocycles. The van der Waals surface area contributed by atoms with Crippen LogP contribution in [0.1, 0.15) is 37.7 Å². The number of hydrogen-bond donors (Lipinski definition) is 1. The van der Waals surface area contributed by atoms with Gasteiger partial charge in [-0.05, 0) is 42.9 Å². The number of carboxylic acid groups (broad SMARTS) is 1. The fraction of sp³-hybridized carbons (Fsp3) is 0.611. The molecule has 1 N–H and O–H groups in total. The number of hydrogen-bond acceptors (Lipinski definition) is 3. The summed E-state index contributed by atoms with van der Waals surface area (Å²) in [5, 5.41) is 9.55. The van der Waals surface area contributed by atoms with Crippen LogP contribution >= 0.6 is 0 Å². The second kappa shape index (κ2) is 7.23. The van der Waals surface area contributed by atoms with Crippen LogP contribution in [0, 0.1) is 5.92 Å². The normalized spacial score (nSPS) is 27.1. The molecule has 3 atom stereocenters. The van der Waals surface area contributed by atoms with Gasteiger partial charge >= 0.3 is 12.1 Å². The Kier molecular flexibility index (Phi) is 5.22. The number of alkyl halides is 3. The van der Waals surface area contributed by atoms with Gasteiger partial charge in [0.25, 0.3) is 0 Å². The zero-order valence-corrected chi connectivity index (χ0v) is 13.8. The van der Waals surface area contributed by atoms with Gasteiger partial charge in [-0.15, -0.1) is 0 Å². The third-order valence-electron chi connectivity index (χ3n) is 5.17. The highest BCUT2D eigenvalue weighted by atomic mass is 19.4. The van der Waals surface area contributed by atoms with Gasteiger partial charge < -0.3 is 9.84 Å². The molecule has 1 saturated carbocycles. The predicted molar refractivity (Wildman–Crippen MR) is 85.3 cm³/mol. The topological polar surface area (TPSA) is 49.8 Å². The van der Waals surface area contributed by atoms with Crippen molar-refractivity contribution in [1.29, 1.82) is 0 Å². The molecule has 0 aromatic heterocycles. The minimum absolute atomic E-state index is 0.154. The standard InChI is InChI=1S/C18H22F3NO3/c19-18(20,21)11-25-14-6-3-4-12(8-14)10-22-15-7-2-1-5-13(15)9-16(22)17(23)24/h3-4,6,8,13,15-16H,1-2,5,7,9-11H2,(H,23,24). The molecule has 1 aromatic rings. The molecular weight excluding hydrogens is 335 g/mol. The second-order valence-electron chi connectivity index (χ2n) is 6.93. The molecule has 0 spiro atoms. The first-order valence-electron chi connectivity index (χ1n) is 8.60. The summed E-state index contributed by atoms with van der Waals surface area (Å²) in [6.07, 6.45) is 0.554. The van der Waals surface area contributed by atoms with Crippen molar-refractivity contribution in [2.24, 2.45) is 5.92 Å². The lowest BCUT2D eigenvalue weighted by Crippen LogP contribution is -2.41. The van der Waals surface area contributed by atoms with Gasteiger partial charge in [0, 0.05) is 12.6 Å². The number of rotatable bonds is 5. The minimum Gasteiger partial charge on any atom is -0.484 e. The minimum atomic E-state index is -4.38. The van der Waals surface area contributed by atoms with Crippen LogP contribution in [0.25, 0.3) is 0 Å². The maximum atomic E-state index is 12.3. The molecular formula is C18H22F3NO3. The summed E-state index contributed by atoms with van der Waals surface area (Å²) in [6, 6.07) is 6.22. The van der Waals surface area contributed by atoms with E-state index in [2.05, 4.69) is 0 Å². The van der Waals surface area contributed by atoms with Gasteiger partial charge in [-0.3, -0.25) is 9.69 Å². The zero-order chi connectivity index (χ0) is 18.0. The summed E-state index contributed by atoms with van der Waals surface area (Å²) in [6.45, 7) is -0.913. The van der Waals surface area contributed by atoms with Crippen molar-refractivity contribution < 1.29 is 27.8 Å². The average Bonchev–Trinajstić information content (AvgIpc) is 2.92. The van der Waals surface area contributed by atoms with Gasteiger partial charge in [-0.25, -0.2) is 0 Å². The van der Waals surface area contributed by atoms with Gasteiger partial charge in [-0.1, -0.05) is 25.0 Å². The summed E-state index contributed by atoms with van der Waals surface area (Å²) >= 11 is 0. The Hall–Kier alpha value is -1.76. The monoisotopic (exact) mass is 357 g/mol. The van der Waals surface area contributed by atoms with Crippen molar-refractivity contribution in [3.63, 3.8) is 0 Å². The fourth-order valence-electron chi connectivity index (χ4n) is 4.13. The molecule has 7 heteroatoms. The molecule has 1 aliphatic heterocycles. The first kappa shape index (κ1) is 18.0. The molecule has 1 heterocycles. The quantitative estimate of drug-likeness (QED) is 0.870. The third-order valence-corrected chi connectivity index (χ3v) is 5.17. The van der Waals surface area contributed by atoms with Crippen molar-refractivity contribution in [2.45, 2.75) is 56.9 Å². The number of ether oxygens (including phenoxy) is 1. The number of carbonyl (C=O) groups is 1. The number of fused-ring (bicyclic) bond motifs is 1. The Morgan fingerprint density at radius 2 is 2.04 bits per heavy atom. The van der Waals surface area contributed by atoms with E-state index in [0.29, 0.717) is 18.9 Å². The smallest absolute Gasteiger partial charge is 0.422 e. The second-order valence-corrected chi connectivity index (χ2v) is 6.93. The van der Waals surface area contributed by atoms with Gasteiger partial charge in [0.2, 0.25) is 0 Å². The van der Waals surface area contributed by atoms with Crippen LogP contribution in [0.3, 0.4) is 0 Å². The van der Waals surface area contributed by atoms with Crippen LogP contribution in [0.2, 0.25) is 0 Å². The lowest BCUT2D eigenvalue weighted by atomic mass is 9.84. The molecule has 4 nitrogen and oxygen atoms in total. The van der Waals surface area contributed by atoms with Crippen LogP contribution in [0.15, 0.2) is 24.3 Å². The van der Waals surface area contributed by atoms with Crippen molar-refractivity contribution in [3.8, 4) is 5.75 Å². The highest BCUT2D eigenvalue weighted by Gasteiger charge is 2.44. The lowest BCUT2D eigenvalue weighted by Gasteiger charge is -2.33. The van der Waals surface area contributed by atoms with Crippen molar-refractivity contribution in [2.75, 3.05) is 6.61 Å². The Morgan fingerprint density at radius 3 is 2.76 bits per heavy atom. The van der Waals surface area contributed by atoms with Crippen molar-refractivity contribution in [3.05, 3.63) is 29.8 Å². The molecule has 3 rings (SSSR count). The number of nitrogens with zero attached hydrogens (tertiary/aromatic N) is 1. The predicted octanol–water partition coefficient (Wildman–Crippen LogP) is 3.85. The van der Waals surface area contributed by atoms with Crippen LogP contribution < -0.4 is 4.74 Å². The zero-order valence-electron chi connectivity index (χ0n) is 13.8. The Morgan fingerprint density at radius 1 is 1.28 bits per heavy atom. The van der Waals surface area contributed by atoms with Gasteiger partial charge in [0.1, 0.15) is 11.8 Å². The van der Waals surface area contributed by atoms with Crippen LogP contribution in [0.5, 0.6) is 5.75 Å². The van der Waals surface area contributed by atoms with Crippen LogP contribution in [-0.2, 0) is 11.3 Å². The number of carboxylic acids is 1. The van der Waals surface area contributed by atoms with E-state index in [1.807, 2.05) is 4.90 Å². The number of benzene rings is 1. The maximum absolute atomic E-state index is 12.3. The van der Waals surface area contributed by atoms with Crippen LogP contribution in [-0.4, -0.2) is 40.8 Å². The largest absolute Gasteiger partial charge is 0.484 e. The van der Waals surface area contributed by atoms with E-state index in [1.165, 1.54) is 6.07 Å². The van der Waals surface area contributed by atoms with E-state index < -0.39 is 24.8 Å². The average molecular weight is 357 g/mol. The highest BCUT2D eigenvalue weighted by molar-refractivity contribution is 5.74. The molecule has 0 bridgehead atoms. The van der Waals surface area contributed by atoms with Gasteiger partial charge in [0.05, 0.1) is 0 Å². The fourth-order valence-corrected chi connectivity index (χ4v) is 4.13. The molecule has 3 unspecified atom stereocenters. The van der Waals surface area contributed by atoms with E-state index in [-0.39, 0.29) is 11.8 Å². The van der Waals surface area contributed by atoms with E-state index in [1.54, 1.807) is 18.2 Å². The molecule has 1 saturated heterocycles. The van der Waals surface area contributed by atoms with Gasteiger partial charge in [-0.2, -0.15) is 13.2 Å². The molecule has 0 radical (unpaired) electrons. The molecule has 25 heavy (non-hydrogen) atoms. The molecule has 1 aliphatic carbocycles. The molecule has 2 fully saturated rings. The first-order chi connectivity index (χ1) is 11.8. The number of aliphatic carboxylic acids is 1. The van der Waals surface area contributed by atoms with E-state index in [4.69, 9.17) is 4.74 Å². The third kappa shape index (κ3) is 4.45. The maximum Gasteiger partial charge on any atom is 0.422 e. The highest BCUT2D eigenvalue weighted by Crippen LogP contribution is 2.40. The Labute approximate surface area is 144 Å². The summed E-state index contributed by atoms with van der Waals surface area (Å²) in [5.74, 6) is -0.264. The van der Waals surface area contributed by atoms with E-state index in [0.717, 1.165) is 31.2 Å². The van der Waals surface area contributed by atoms with E-state index in [9.17, 15) is 23.1 Å². The molecule has 0 amide bonds. The Bertz CT molecular complexity index is 620. The number of likely N-dealkylation sites (tertiary alicyclic amines) is 1. The summed E-state index contributed by atoms with van der Waals surface area (Å²) in [7, 11) is 0. The number of halogens is 3. The first-order valence-corrected chi connectivity index (χ1v) is 8.60. The summed E-state index contributed by atoms with van der Waals surface area (Å²) < 4.78 is 41.7. The van der Waals surface area contributed by atoms with Crippen molar-refractivity contribution >= 4 is 5.97 Å². The van der Waals surface area contributed by atoms with Gasteiger partial charge in [0.15, 0.2) is 6.61 Å². The lowest BCUT2D eigenvalue weighted by molar-refractivity contribution is -0.153. The van der Waals surface area contributed by atoms with Crippen LogP contribution in [0.4, 0.5) is 13.2 Å². The Balaban J connectivity index is 1.72. The summed E-state index contributed by atoms with van der Waals surface area (Å²) in [5.41, 5.74) is 0.775. The molecule has 138 valence electrons. The summed E-state index contributed by atoms with van der Waals surface area (Å²) in [4.78, 5) is 13.6. The molecule has 2 aliphatic rings.